The lowest BCUT2D eigenvalue weighted by molar-refractivity contribution is -0.129. The molecule has 1 fully saturated rings. The molecule has 0 aliphatic carbocycles. The van der Waals surface area contributed by atoms with Gasteiger partial charge in [0.05, 0.1) is 13.0 Å². The third kappa shape index (κ3) is 3.81. The molecule has 1 amide bonds. The first-order valence-electron chi connectivity index (χ1n) is 7.55. The molecule has 0 unspecified atom stereocenters. The molecule has 0 N–H and O–H groups in total. The first-order chi connectivity index (χ1) is 11.7. The quantitative estimate of drug-likeness (QED) is 0.851. The smallest absolute Gasteiger partial charge is 0.251 e. The Bertz CT molecular complexity index is 773. The van der Waals surface area contributed by atoms with Crippen LogP contribution in [-0.2, 0) is 11.2 Å². The standard InChI is InChI=1S/C17H15ClN4O2/c18-13-3-1-12(2-4-13)9-16(23)22-8-5-14(11-22)24-17-15(10-19)20-6-7-21-17/h1-4,6-7,14H,5,8-9,11H2/t14-/m0/s1. The van der Waals surface area contributed by atoms with E-state index in [9.17, 15) is 4.79 Å². The number of benzene rings is 1. The molecule has 1 aromatic carbocycles. The van der Waals surface area contributed by atoms with Gasteiger partial charge < -0.3 is 9.64 Å². The van der Waals surface area contributed by atoms with Crippen LogP contribution in [0.5, 0.6) is 5.88 Å². The highest BCUT2D eigenvalue weighted by Gasteiger charge is 2.28. The van der Waals surface area contributed by atoms with Crippen molar-refractivity contribution in [3.05, 3.63) is 52.9 Å². The Hall–Kier alpha value is -2.65. The molecule has 0 radical (unpaired) electrons. The van der Waals surface area contributed by atoms with E-state index in [1.165, 1.54) is 12.4 Å². The molecular weight excluding hydrogens is 328 g/mol. The van der Waals surface area contributed by atoms with Crippen molar-refractivity contribution in [1.82, 2.24) is 14.9 Å². The number of carbonyl (C=O) groups is 1. The zero-order chi connectivity index (χ0) is 16.9. The average Bonchev–Trinajstić information content (AvgIpc) is 3.06. The van der Waals surface area contributed by atoms with Gasteiger partial charge in [-0.05, 0) is 17.7 Å². The van der Waals surface area contributed by atoms with Crippen LogP contribution in [0.1, 0.15) is 17.7 Å². The second-order valence-corrected chi connectivity index (χ2v) is 5.93. The van der Waals surface area contributed by atoms with Crippen molar-refractivity contribution in [2.75, 3.05) is 13.1 Å². The Morgan fingerprint density at radius 1 is 1.33 bits per heavy atom. The highest BCUT2D eigenvalue weighted by Crippen LogP contribution is 2.19. The lowest BCUT2D eigenvalue weighted by atomic mass is 10.1. The summed E-state index contributed by atoms with van der Waals surface area (Å²) in [5.41, 5.74) is 1.08. The van der Waals surface area contributed by atoms with Gasteiger partial charge in [-0.1, -0.05) is 23.7 Å². The van der Waals surface area contributed by atoms with Crippen LogP contribution >= 0.6 is 11.6 Å². The maximum Gasteiger partial charge on any atom is 0.251 e. The molecular formula is C17H15ClN4O2. The summed E-state index contributed by atoms with van der Waals surface area (Å²) in [5, 5.41) is 9.66. The van der Waals surface area contributed by atoms with Crippen LogP contribution in [-0.4, -0.2) is 40.0 Å². The van der Waals surface area contributed by atoms with E-state index in [-0.39, 0.29) is 23.6 Å². The molecule has 2 heterocycles. The van der Waals surface area contributed by atoms with Crippen LogP contribution in [0.4, 0.5) is 0 Å². The number of hydrogen-bond donors (Lipinski definition) is 0. The minimum atomic E-state index is -0.178. The topological polar surface area (TPSA) is 79.1 Å². The van der Waals surface area contributed by atoms with Gasteiger partial charge in [0, 0.05) is 30.4 Å². The first-order valence-corrected chi connectivity index (χ1v) is 7.93. The molecule has 1 aliphatic heterocycles. The van der Waals surface area contributed by atoms with Crippen LogP contribution in [0, 0.1) is 11.3 Å². The maximum absolute atomic E-state index is 12.4. The summed E-state index contributed by atoms with van der Waals surface area (Å²) in [5.74, 6) is 0.264. The van der Waals surface area contributed by atoms with E-state index in [1.54, 1.807) is 17.0 Å². The van der Waals surface area contributed by atoms with Gasteiger partial charge in [0.15, 0.2) is 0 Å². The normalized spacial score (nSPS) is 16.7. The molecule has 0 saturated carbocycles. The fourth-order valence-corrected chi connectivity index (χ4v) is 2.71. The van der Waals surface area contributed by atoms with Crippen molar-refractivity contribution in [2.45, 2.75) is 18.9 Å². The highest BCUT2D eigenvalue weighted by molar-refractivity contribution is 6.30. The lowest BCUT2D eigenvalue weighted by Gasteiger charge is -2.17. The SMILES string of the molecule is N#Cc1nccnc1O[C@H]1CCN(C(=O)Cc2ccc(Cl)cc2)C1. The Kier molecular flexibility index (Phi) is 4.92. The summed E-state index contributed by atoms with van der Waals surface area (Å²) in [7, 11) is 0. The Labute approximate surface area is 144 Å². The largest absolute Gasteiger partial charge is 0.470 e. The van der Waals surface area contributed by atoms with Gasteiger partial charge in [0.25, 0.3) is 5.88 Å². The number of nitrogens with zero attached hydrogens (tertiary/aromatic N) is 4. The van der Waals surface area contributed by atoms with E-state index in [2.05, 4.69) is 9.97 Å². The van der Waals surface area contributed by atoms with Gasteiger partial charge >= 0.3 is 0 Å². The number of ether oxygens (including phenoxy) is 1. The third-order valence-electron chi connectivity index (χ3n) is 3.82. The molecule has 1 aliphatic rings. The Morgan fingerprint density at radius 3 is 2.83 bits per heavy atom. The molecule has 0 bridgehead atoms. The summed E-state index contributed by atoms with van der Waals surface area (Å²) in [4.78, 5) is 22.1. The van der Waals surface area contributed by atoms with Crippen molar-refractivity contribution in [2.24, 2.45) is 0 Å². The summed E-state index contributed by atoms with van der Waals surface area (Å²) in [6, 6.07) is 9.20. The van der Waals surface area contributed by atoms with Crippen molar-refractivity contribution >= 4 is 17.5 Å². The predicted molar refractivity (Wildman–Crippen MR) is 87.5 cm³/mol. The number of rotatable bonds is 4. The second-order valence-electron chi connectivity index (χ2n) is 5.49. The van der Waals surface area contributed by atoms with Crippen LogP contribution in [0.25, 0.3) is 0 Å². The van der Waals surface area contributed by atoms with E-state index in [0.29, 0.717) is 31.0 Å². The molecule has 7 heteroatoms. The predicted octanol–water partition coefficient (Wildman–Crippen LogP) is 2.22. The number of likely N-dealkylation sites (tertiary alicyclic amines) is 1. The highest BCUT2D eigenvalue weighted by atomic mass is 35.5. The fraction of sp³-hybridized carbons (Fsp3) is 0.294. The van der Waals surface area contributed by atoms with E-state index in [4.69, 9.17) is 21.6 Å². The van der Waals surface area contributed by atoms with E-state index >= 15 is 0 Å². The van der Waals surface area contributed by atoms with E-state index in [1.807, 2.05) is 18.2 Å². The Balaban J connectivity index is 1.58. The number of amides is 1. The minimum absolute atomic E-state index is 0.0445. The van der Waals surface area contributed by atoms with Gasteiger partial charge in [-0.2, -0.15) is 5.26 Å². The van der Waals surface area contributed by atoms with Gasteiger partial charge in [-0.15, -0.1) is 0 Å². The van der Waals surface area contributed by atoms with Crippen molar-refractivity contribution in [1.29, 1.82) is 5.26 Å². The van der Waals surface area contributed by atoms with Gasteiger partial charge in [0.2, 0.25) is 11.6 Å². The second kappa shape index (κ2) is 7.28. The zero-order valence-corrected chi connectivity index (χ0v) is 13.6. The van der Waals surface area contributed by atoms with Crippen LogP contribution in [0.15, 0.2) is 36.7 Å². The summed E-state index contributed by atoms with van der Waals surface area (Å²) in [6.07, 6.45) is 3.78. The van der Waals surface area contributed by atoms with Crippen LogP contribution in [0.3, 0.4) is 0 Å². The first kappa shape index (κ1) is 16.2. The fourth-order valence-electron chi connectivity index (χ4n) is 2.59. The zero-order valence-electron chi connectivity index (χ0n) is 12.9. The number of aromatic nitrogens is 2. The molecule has 2 aromatic rings. The third-order valence-corrected chi connectivity index (χ3v) is 4.07. The maximum atomic E-state index is 12.4. The minimum Gasteiger partial charge on any atom is -0.470 e. The molecule has 1 atom stereocenters. The molecule has 0 spiro atoms. The molecule has 24 heavy (non-hydrogen) atoms. The monoisotopic (exact) mass is 342 g/mol. The number of hydrogen-bond acceptors (Lipinski definition) is 5. The lowest BCUT2D eigenvalue weighted by Crippen LogP contribution is -2.32. The van der Waals surface area contributed by atoms with Crippen LogP contribution < -0.4 is 4.74 Å². The summed E-state index contributed by atoms with van der Waals surface area (Å²) >= 11 is 5.85. The van der Waals surface area contributed by atoms with Gasteiger partial charge in [-0.3, -0.25) is 4.79 Å². The van der Waals surface area contributed by atoms with Crippen LogP contribution in [0.2, 0.25) is 5.02 Å². The van der Waals surface area contributed by atoms with Crippen molar-refractivity contribution < 1.29 is 9.53 Å². The summed E-state index contributed by atoms with van der Waals surface area (Å²) < 4.78 is 5.74. The van der Waals surface area contributed by atoms with Gasteiger partial charge in [-0.25, -0.2) is 9.97 Å². The average molecular weight is 343 g/mol. The molecule has 1 aromatic heterocycles. The Morgan fingerprint density at radius 2 is 2.08 bits per heavy atom. The molecule has 122 valence electrons. The number of nitriles is 1. The van der Waals surface area contributed by atoms with Gasteiger partial charge in [0.1, 0.15) is 12.2 Å². The van der Waals surface area contributed by atoms with E-state index < -0.39 is 0 Å². The number of carbonyl (C=O) groups excluding carboxylic acids is 1. The summed E-state index contributed by atoms with van der Waals surface area (Å²) in [6.45, 7) is 1.10. The van der Waals surface area contributed by atoms with Crippen molar-refractivity contribution in [3.63, 3.8) is 0 Å². The number of halogens is 1. The van der Waals surface area contributed by atoms with E-state index in [0.717, 1.165) is 5.56 Å². The van der Waals surface area contributed by atoms with Crippen molar-refractivity contribution in [3.8, 4) is 11.9 Å². The molecule has 6 nitrogen and oxygen atoms in total. The molecule has 3 rings (SSSR count). The molecule has 1 saturated heterocycles.